The van der Waals surface area contributed by atoms with Crippen molar-refractivity contribution < 1.29 is 9.59 Å². The molecule has 0 fully saturated rings. The predicted molar refractivity (Wildman–Crippen MR) is 153 cm³/mol. The summed E-state index contributed by atoms with van der Waals surface area (Å²) in [5.74, 6) is 2.61. The third kappa shape index (κ3) is 2.71. The van der Waals surface area contributed by atoms with Crippen LogP contribution in [0.15, 0.2) is 36.5 Å². The van der Waals surface area contributed by atoms with Gasteiger partial charge < -0.3 is 0 Å². The smallest absolute Gasteiger partial charge is 0.160 e. The van der Waals surface area contributed by atoms with Gasteiger partial charge in [-0.2, -0.15) is 0 Å². The number of aldehydes is 2. The molecule has 6 bridgehead atoms. The summed E-state index contributed by atoms with van der Waals surface area (Å²) in [4.78, 5) is 32.0. The molecule has 37 heavy (non-hydrogen) atoms. The van der Waals surface area contributed by atoms with Crippen molar-refractivity contribution in [3.63, 3.8) is 0 Å². The molecule has 0 spiro atoms. The van der Waals surface area contributed by atoms with Crippen LogP contribution in [0.1, 0.15) is 127 Å². The number of rotatable bonds is 4. The Kier molecular flexibility index (Phi) is 4.44. The van der Waals surface area contributed by atoms with Crippen molar-refractivity contribution in [2.24, 2.45) is 0 Å². The molecule has 0 unspecified atom stereocenters. The largest absolute Gasteiger partial charge is 0.297 e. The summed E-state index contributed by atoms with van der Waals surface area (Å²) < 4.78 is 0. The number of hydrogen-bond donors (Lipinski definition) is 0. The average Bonchev–Trinajstić information content (AvgIpc) is 3.68. The van der Waals surface area contributed by atoms with Gasteiger partial charge in [-0.3, -0.25) is 9.59 Å². The lowest BCUT2D eigenvalue weighted by molar-refractivity contribution is 0.111. The Bertz CT molecular complexity index is 1500. The minimum absolute atomic E-state index is 0.401. The molecule has 2 nitrogen and oxygen atoms in total. The van der Waals surface area contributed by atoms with E-state index in [0.717, 1.165) is 35.2 Å². The second-order valence-corrected chi connectivity index (χ2v) is 14.7. The van der Waals surface area contributed by atoms with E-state index in [1.165, 1.54) is 78.6 Å². The average molecular weight is 539 g/mol. The van der Waals surface area contributed by atoms with Gasteiger partial charge >= 0.3 is 0 Å². The second-order valence-electron chi connectivity index (χ2n) is 11.6. The molecule has 0 N–H and O–H groups in total. The Balaban J connectivity index is 1.32. The van der Waals surface area contributed by atoms with E-state index in [1.807, 2.05) is 11.3 Å². The van der Waals surface area contributed by atoms with Gasteiger partial charge in [0.25, 0.3) is 0 Å². The first-order valence-electron chi connectivity index (χ1n) is 13.7. The van der Waals surface area contributed by atoms with E-state index < -0.39 is 0 Å². The first-order chi connectivity index (χ1) is 18.2. The number of hydrogen-bond acceptors (Lipinski definition) is 5. The lowest BCUT2D eigenvalue weighted by Gasteiger charge is -2.34. The molecule has 9 aliphatic carbocycles. The highest BCUT2D eigenvalue weighted by molar-refractivity contribution is 7.27. The first-order valence-corrected chi connectivity index (χ1v) is 16.2. The Labute approximate surface area is 228 Å². The Hall–Kier alpha value is -2.34. The molecule has 184 valence electrons. The van der Waals surface area contributed by atoms with Crippen molar-refractivity contribution in [3.8, 4) is 19.5 Å². The normalized spacial score (nSPS) is 31.0. The standard InChI is InChI=1S/C32H26O2S3/c33-13-21-23-15-1-5-17(6-2-15)25(23)29(35-21)31-27-19-9-11-20(12-10-19)28(27)32(37-31)30-26-18-7-3-16(4-8-18)24(26)22(14-34)36-30/h1,3,5,7,9,11,13-20H,2,4,6,8,10,12H2/t15-,16-,17+,18+,19-,20+/m1/s1. The van der Waals surface area contributed by atoms with Gasteiger partial charge in [0, 0.05) is 55.0 Å². The molecular formula is C32H26O2S3. The van der Waals surface area contributed by atoms with E-state index in [2.05, 4.69) is 36.5 Å². The first kappa shape index (κ1) is 21.6. The molecule has 5 heteroatoms. The summed E-state index contributed by atoms with van der Waals surface area (Å²) in [7, 11) is 0. The third-order valence-corrected chi connectivity index (χ3v) is 13.8. The van der Waals surface area contributed by atoms with Crippen LogP contribution in [0.2, 0.25) is 0 Å². The summed E-state index contributed by atoms with van der Waals surface area (Å²) in [6.45, 7) is 0. The maximum Gasteiger partial charge on any atom is 0.160 e. The lowest BCUT2D eigenvalue weighted by atomic mass is 9.69. The van der Waals surface area contributed by atoms with Crippen molar-refractivity contribution in [3.05, 3.63) is 79.6 Å². The Morgan fingerprint density at radius 1 is 0.432 bits per heavy atom. The van der Waals surface area contributed by atoms with E-state index in [4.69, 9.17) is 0 Å². The minimum Gasteiger partial charge on any atom is -0.297 e. The van der Waals surface area contributed by atoms with Crippen molar-refractivity contribution in [1.29, 1.82) is 0 Å². The van der Waals surface area contributed by atoms with Crippen molar-refractivity contribution >= 4 is 46.6 Å². The number of carbonyl (C=O) groups is 2. The van der Waals surface area contributed by atoms with Crippen LogP contribution in [0, 0.1) is 0 Å². The zero-order chi connectivity index (χ0) is 24.4. The van der Waals surface area contributed by atoms with Crippen LogP contribution < -0.4 is 0 Å². The van der Waals surface area contributed by atoms with Crippen molar-refractivity contribution in [2.45, 2.75) is 74.0 Å². The van der Waals surface area contributed by atoms with Gasteiger partial charge in [0.15, 0.2) is 12.6 Å². The monoisotopic (exact) mass is 538 g/mol. The molecule has 0 saturated carbocycles. The fourth-order valence-electron chi connectivity index (χ4n) is 8.40. The van der Waals surface area contributed by atoms with Crippen LogP contribution >= 0.6 is 34.0 Å². The SMILES string of the molecule is O=Cc1sc(-c2sc(-c3sc(C=O)c4c3[C@H]3C=C[C@@H]4CC3)c3c2[C@@H]2C=C[C@H]3CC2)c2c1[C@@H]1C=C[C@H]2CC1. The number of thiophene rings is 3. The summed E-state index contributed by atoms with van der Waals surface area (Å²) in [5, 5.41) is 0. The summed E-state index contributed by atoms with van der Waals surface area (Å²) in [6, 6.07) is 0. The molecule has 6 atom stereocenters. The van der Waals surface area contributed by atoms with E-state index in [0.29, 0.717) is 35.5 Å². The second kappa shape index (κ2) is 7.62. The van der Waals surface area contributed by atoms with Crippen LogP contribution in [-0.2, 0) is 0 Å². The number of carbonyl (C=O) groups excluding carboxylic acids is 2. The van der Waals surface area contributed by atoms with Crippen LogP contribution in [0.25, 0.3) is 19.5 Å². The molecule has 3 heterocycles. The molecule has 0 aromatic carbocycles. The van der Waals surface area contributed by atoms with Gasteiger partial charge in [-0.15, -0.1) is 34.0 Å². The van der Waals surface area contributed by atoms with E-state index in [-0.39, 0.29) is 0 Å². The minimum atomic E-state index is 0.401. The zero-order valence-corrected chi connectivity index (χ0v) is 22.8. The van der Waals surface area contributed by atoms with E-state index in [9.17, 15) is 9.59 Å². The van der Waals surface area contributed by atoms with Gasteiger partial charge in [-0.25, -0.2) is 0 Å². The lowest BCUT2D eigenvalue weighted by Crippen LogP contribution is -2.18. The zero-order valence-electron chi connectivity index (χ0n) is 20.4. The molecule has 0 saturated heterocycles. The molecule has 12 rings (SSSR count). The fourth-order valence-corrected chi connectivity index (χ4v) is 12.7. The van der Waals surface area contributed by atoms with Gasteiger partial charge in [0.1, 0.15) is 0 Å². The van der Waals surface area contributed by atoms with Crippen molar-refractivity contribution in [1.82, 2.24) is 0 Å². The van der Waals surface area contributed by atoms with Crippen LogP contribution in [0.3, 0.4) is 0 Å². The molecule has 3 aromatic heterocycles. The van der Waals surface area contributed by atoms with Crippen LogP contribution in [0.5, 0.6) is 0 Å². The quantitative estimate of drug-likeness (QED) is 0.245. The van der Waals surface area contributed by atoms with Crippen molar-refractivity contribution in [2.75, 3.05) is 0 Å². The molecule has 3 aromatic rings. The predicted octanol–water partition coefficient (Wildman–Crippen LogP) is 9.42. The molecule has 0 aliphatic heterocycles. The Morgan fingerprint density at radius 2 is 0.703 bits per heavy atom. The van der Waals surface area contributed by atoms with Crippen LogP contribution in [0.4, 0.5) is 0 Å². The summed E-state index contributed by atoms with van der Waals surface area (Å²) >= 11 is 5.48. The molecular weight excluding hydrogens is 513 g/mol. The molecule has 9 aliphatic rings. The van der Waals surface area contributed by atoms with Crippen LogP contribution in [-0.4, -0.2) is 12.6 Å². The summed E-state index contributed by atoms with van der Waals surface area (Å²) in [6.07, 6.45) is 23.8. The van der Waals surface area contributed by atoms with Gasteiger partial charge in [0.2, 0.25) is 0 Å². The maximum absolute atomic E-state index is 12.3. The van der Waals surface area contributed by atoms with Gasteiger partial charge in [-0.05, 0) is 71.9 Å². The number of allylic oxidation sites excluding steroid dienone is 6. The number of fused-ring (bicyclic) bond motifs is 3. The highest BCUT2D eigenvalue weighted by Gasteiger charge is 2.43. The summed E-state index contributed by atoms with van der Waals surface area (Å²) in [5.41, 5.74) is 8.64. The van der Waals surface area contributed by atoms with Gasteiger partial charge in [0.05, 0.1) is 9.75 Å². The topological polar surface area (TPSA) is 34.1 Å². The maximum atomic E-state index is 12.3. The van der Waals surface area contributed by atoms with E-state index in [1.54, 1.807) is 22.7 Å². The Morgan fingerprint density at radius 3 is 1.00 bits per heavy atom. The fraction of sp³-hybridized carbons (Fsp3) is 0.375. The highest BCUT2D eigenvalue weighted by atomic mass is 32.1. The van der Waals surface area contributed by atoms with Gasteiger partial charge in [-0.1, -0.05) is 36.5 Å². The van der Waals surface area contributed by atoms with E-state index >= 15 is 0 Å². The highest BCUT2D eigenvalue weighted by Crippen LogP contribution is 2.63. The molecule has 0 amide bonds. The third-order valence-electron chi connectivity index (χ3n) is 9.95. The molecule has 0 radical (unpaired) electrons.